The second-order valence-electron chi connectivity index (χ2n) is 5.96. The van der Waals surface area contributed by atoms with E-state index in [1.807, 2.05) is 24.7 Å². The fourth-order valence-electron chi connectivity index (χ4n) is 3.30. The molecule has 2 heterocycles. The van der Waals surface area contributed by atoms with Crippen LogP contribution in [0.2, 0.25) is 0 Å². The first-order chi connectivity index (χ1) is 11.7. The number of aryl methyl sites for hydroxylation is 2. The van der Waals surface area contributed by atoms with E-state index in [4.69, 9.17) is 10.5 Å². The van der Waals surface area contributed by atoms with E-state index >= 15 is 0 Å². The Balaban J connectivity index is 1.75. The number of rotatable bonds is 5. The van der Waals surface area contributed by atoms with E-state index in [9.17, 15) is 0 Å². The van der Waals surface area contributed by atoms with Crippen LogP contribution in [0.3, 0.4) is 0 Å². The smallest absolute Gasteiger partial charge is 0.180 e. The Labute approximate surface area is 145 Å². The summed E-state index contributed by atoms with van der Waals surface area (Å²) in [5.74, 6) is 1.84. The SMILES string of the molecule is CCOc1cc2c(cc1-c1nccn1Cc1csc(N)n1)CCC2. The van der Waals surface area contributed by atoms with Crippen LogP contribution in [0.4, 0.5) is 5.13 Å². The van der Waals surface area contributed by atoms with E-state index in [1.54, 1.807) is 0 Å². The van der Waals surface area contributed by atoms with E-state index in [0.29, 0.717) is 18.3 Å². The largest absolute Gasteiger partial charge is 0.493 e. The lowest BCUT2D eigenvalue weighted by Crippen LogP contribution is -2.04. The zero-order valence-electron chi connectivity index (χ0n) is 13.7. The van der Waals surface area contributed by atoms with Gasteiger partial charge in [-0.3, -0.25) is 0 Å². The molecule has 0 atom stereocenters. The van der Waals surface area contributed by atoms with Crippen molar-refractivity contribution in [2.75, 3.05) is 12.3 Å². The lowest BCUT2D eigenvalue weighted by atomic mass is 10.0. The molecule has 2 N–H and O–H groups in total. The van der Waals surface area contributed by atoms with Crippen molar-refractivity contribution in [3.8, 4) is 17.1 Å². The first-order valence-electron chi connectivity index (χ1n) is 8.24. The Morgan fingerprint density at radius 2 is 2.12 bits per heavy atom. The average molecular weight is 340 g/mol. The molecular formula is C18H20N4OS. The number of nitrogens with zero attached hydrogens (tertiary/aromatic N) is 3. The first kappa shape index (κ1) is 15.2. The minimum atomic E-state index is 0.596. The van der Waals surface area contributed by atoms with Gasteiger partial charge in [-0.1, -0.05) is 0 Å². The minimum Gasteiger partial charge on any atom is -0.493 e. The first-order valence-corrected chi connectivity index (χ1v) is 9.12. The standard InChI is InChI=1S/C18H20N4OS/c1-2-23-16-9-13-5-3-4-12(13)8-15(16)17-20-6-7-22(17)10-14-11-24-18(19)21-14/h6-9,11H,2-5,10H2,1H3,(H2,19,21). The maximum atomic E-state index is 5.91. The van der Waals surface area contributed by atoms with Crippen LogP contribution in [0.25, 0.3) is 11.4 Å². The van der Waals surface area contributed by atoms with E-state index in [2.05, 4.69) is 26.7 Å². The van der Waals surface area contributed by atoms with Crippen LogP contribution in [-0.2, 0) is 19.4 Å². The molecule has 0 radical (unpaired) electrons. The van der Waals surface area contributed by atoms with Crippen molar-refractivity contribution in [1.29, 1.82) is 0 Å². The summed E-state index contributed by atoms with van der Waals surface area (Å²) >= 11 is 1.46. The second-order valence-corrected chi connectivity index (χ2v) is 6.85. The van der Waals surface area contributed by atoms with E-state index in [0.717, 1.165) is 35.7 Å². The van der Waals surface area contributed by atoms with Gasteiger partial charge < -0.3 is 15.0 Å². The Kier molecular flexibility index (Phi) is 3.98. The zero-order valence-corrected chi connectivity index (χ0v) is 14.5. The summed E-state index contributed by atoms with van der Waals surface area (Å²) in [6.45, 7) is 3.32. The molecule has 0 aliphatic heterocycles. The molecule has 6 heteroatoms. The Morgan fingerprint density at radius 1 is 1.29 bits per heavy atom. The quantitative estimate of drug-likeness (QED) is 0.772. The van der Waals surface area contributed by atoms with Crippen LogP contribution in [0, 0.1) is 0 Å². The number of fused-ring (bicyclic) bond motifs is 1. The molecule has 0 saturated heterocycles. The highest BCUT2D eigenvalue weighted by Gasteiger charge is 2.19. The molecule has 0 spiro atoms. The number of nitrogens with two attached hydrogens (primary N) is 1. The average Bonchev–Trinajstić information content (AvgIpc) is 3.28. The highest BCUT2D eigenvalue weighted by molar-refractivity contribution is 7.13. The summed E-state index contributed by atoms with van der Waals surface area (Å²) in [6.07, 6.45) is 7.30. The third kappa shape index (κ3) is 2.78. The van der Waals surface area contributed by atoms with Gasteiger partial charge in [0.05, 0.1) is 24.4 Å². The van der Waals surface area contributed by atoms with Gasteiger partial charge in [0, 0.05) is 17.8 Å². The predicted octanol–water partition coefficient (Wildman–Crippen LogP) is 3.52. The van der Waals surface area contributed by atoms with Gasteiger partial charge in [-0.2, -0.15) is 0 Å². The van der Waals surface area contributed by atoms with Crippen molar-refractivity contribution in [1.82, 2.24) is 14.5 Å². The summed E-state index contributed by atoms with van der Waals surface area (Å²) in [5.41, 5.74) is 10.6. The van der Waals surface area contributed by atoms with Crippen molar-refractivity contribution < 1.29 is 4.74 Å². The van der Waals surface area contributed by atoms with Crippen LogP contribution in [0.15, 0.2) is 29.9 Å². The van der Waals surface area contributed by atoms with Crippen molar-refractivity contribution in [3.05, 3.63) is 46.7 Å². The zero-order chi connectivity index (χ0) is 16.5. The number of hydrogen-bond acceptors (Lipinski definition) is 5. The summed E-state index contributed by atoms with van der Waals surface area (Å²) in [4.78, 5) is 8.94. The summed E-state index contributed by atoms with van der Waals surface area (Å²) < 4.78 is 8.01. The summed E-state index contributed by atoms with van der Waals surface area (Å²) in [6, 6.07) is 4.45. The van der Waals surface area contributed by atoms with Gasteiger partial charge in [-0.25, -0.2) is 9.97 Å². The molecular weight excluding hydrogens is 320 g/mol. The minimum absolute atomic E-state index is 0.596. The topological polar surface area (TPSA) is 66.0 Å². The molecule has 1 aliphatic carbocycles. The molecule has 124 valence electrons. The number of aromatic nitrogens is 3. The third-order valence-corrected chi connectivity index (χ3v) is 5.07. The van der Waals surface area contributed by atoms with Crippen LogP contribution < -0.4 is 10.5 Å². The lowest BCUT2D eigenvalue weighted by molar-refractivity contribution is 0.341. The molecule has 0 unspecified atom stereocenters. The molecule has 0 saturated carbocycles. The van der Waals surface area contributed by atoms with Gasteiger partial charge >= 0.3 is 0 Å². The maximum Gasteiger partial charge on any atom is 0.180 e. The maximum absolute atomic E-state index is 5.91. The fraction of sp³-hybridized carbons (Fsp3) is 0.333. The molecule has 4 rings (SSSR count). The predicted molar refractivity (Wildman–Crippen MR) is 96.5 cm³/mol. The van der Waals surface area contributed by atoms with E-state index in [1.165, 1.54) is 28.9 Å². The van der Waals surface area contributed by atoms with Crippen molar-refractivity contribution >= 4 is 16.5 Å². The van der Waals surface area contributed by atoms with Gasteiger partial charge in [-0.05, 0) is 49.4 Å². The molecule has 2 aromatic heterocycles. The highest BCUT2D eigenvalue weighted by atomic mass is 32.1. The molecule has 1 aromatic carbocycles. The Morgan fingerprint density at radius 3 is 2.88 bits per heavy atom. The summed E-state index contributed by atoms with van der Waals surface area (Å²) in [7, 11) is 0. The highest BCUT2D eigenvalue weighted by Crippen LogP contribution is 2.36. The van der Waals surface area contributed by atoms with Gasteiger partial charge in [0.25, 0.3) is 0 Å². The second kappa shape index (κ2) is 6.28. The molecule has 0 fully saturated rings. The van der Waals surface area contributed by atoms with Gasteiger partial charge in [-0.15, -0.1) is 11.3 Å². The Hall–Kier alpha value is -2.34. The van der Waals surface area contributed by atoms with Crippen molar-refractivity contribution in [3.63, 3.8) is 0 Å². The molecule has 0 bridgehead atoms. The number of imidazole rings is 1. The van der Waals surface area contributed by atoms with Crippen molar-refractivity contribution in [2.24, 2.45) is 0 Å². The van der Waals surface area contributed by atoms with E-state index in [-0.39, 0.29) is 0 Å². The molecule has 24 heavy (non-hydrogen) atoms. The van der Waals surface area contributed by atoms with Crippen LogP contribution in [-0.4, -0.2) is 21.1 Å². The normalized spacial score (nSPS) is 13.2. The lowest BCUT2D eigenvalue weighted by Gasteiger charge is -2.14. The third-order valence-electron chi connectivity index (χ3n) is 4.35. The van der Waals surface area contributed by atoms with Crippen LogP contribution in [0.5, 0.6) is 5.75 Å². The number of benzene rings is 1. The summed E-state index contributed by atoms with van der Waals surface area (Å²) in [5, 5.41) is 2.59. The molecule has 3 aromatic rings. The Bertz CT molecular complexity index is 868. The number of ether oxygens (including phenoxy) is 1. The monoisotopic (exact) mass is 340 g/mol. The molecule has 1 aliphatic rings. The number of anilines is 1. The van der Waals surface area contributed by atoms with Crippen molar-refractivity contribution in [2.45, 2.75) is 32.7 Å². The van der Waals surface area contributed by atoms with Crippen LogP contribution in [0.1, 0.15) is 30.2 Å². The van der Waals surface area contributed by atoms with Gasteiger partial charge in [0.2, 0.25) is 0 Å². The number of thiazole rings is 1. The van der Waals surface area contributed by atoms with E-state index < -0.39 is 0 Å². The number of hydrogen-bond donors (Lipinski definition) is 1. The van der Waals surface area contributed by atoms with Crippen LogP contribution >= 0.6 is 11.3 Å². The van der Waals surface area contributed by atoms with Gasteiger partial charge in [0.1, 0.15) is 11.6 Å². The molecule has 0 amide bonds. The number of nitrogen functional groups attached to an aromatic ring is 1. The fourth-order valence-corrected chi connectivity index (χ4v) is 3.86. The van der Waals surface area contributed by atoms with Gasteiger partial charge in [0.15, 0.2) is 5.13 Å². The molecule has 5 nitrogen and oxygen atoms in total.